The van der Waals surface area contributed by atoms with Crippen molar-refractivity contribution < 1.29 is 17.6 Å². The first-order valence-corrected chi connectivity index (χ1v) is 12.6. The molecule has 2 aromatic carbocycles. The molecule has 1 fully saturated rings. The zero-order valence-corrected chi connectivity index (χ0v) is 19.8. The van der Waals surface area contributed by atoms with Crippen LogP contribution in [0.2, 0.25) is 5.02 Å². The van der Waals surface area contributed by atoms with Crippen molar-refractivity contribution >= 4 is 33.5 Å². The monoisotopic (exact) mass is 488 g/mol. The second-order valence-corrected chi connectivity index (χ2v) is 10.4. The van der Waals surface area contributed by atoms with Crippen LogP contribution < -0.4 is 5.32 Å². The lowest BCUT2D eigenvalue weighted by Gasteiger charge is -2.30. The maximum atomic E-state index is 13.0. The molecule has 174 valence electrons. The Balaban J connectivity index is 1.38. The molecule has 33 heavy (non-hydrogen) atoms. The van der Waals surface area contributed by atoms with Crippen molar-refractivity contribution in [2.75, 3.05) is 18.4 Å². The Labute approximate surface area is 198 Å². The third-order valence-corrected chi connectivity index (χ3v) is 7.82. The molecule has 1 atom stereocenters. The minimum atomic E-state index is -3.71. The minimum absolute atomic E-state index is 0.0119. The van der Waals surface area contributed by atoms with E-state index in [1.54, 1.807) is 0 Å². The van der Waals surface area contributed by atoms with Gasteiger partial charge < -0.3 is 4.42 Å². The molecule has 1 aromatic heterocycles. The van der Waals surface area contributed by atoms with Crippen LogP contribution in [0, 0.1) is 5.92 Å². The van der Waals surface area contributed by atoms with Gasteiger partial charge in [-0.25, -0.2) is 8.42 Å². The van der Waals surface area contributed by atoms with E-state index in [4.69, 9.17) is 16.0 Å². The number of aromatic nitrogens is 2. The molecule has 0 bridgehead atoms. The smallest absolute Gasteiger partial charge is 0.322 e. The average molecular weight is 489 g/mol. The molecular weight excluding hydrogens is 464 g/mol. The van der Waals surface area contributed by atoms with Gasteiger partial charge in [0, 0.05) is 18.1 Å². The molecular formula is C23H25ClN4O4S. The quantitative estimate of drug-likeness (QED) is 0.540. The van der Waals surface area contributed by atoms with Crippen LogP contribution in [0.25, 0.3) is 0 Å². The Bertz CT molecular complexity index is 1210. The summed E-state index contributed by atoms with van der Waals surface area (Å²) in [6.45, 7) is 2.54. The summed E-state index contributed by atoms with van der Waals surface area (Å²) in [5.41, 5.74) is 2.28. The molecule has 0 radical (unpaired) electrons. The molecule has 0 saturated carbocycles. The number of sulfonamides is 1. The molecule has 0 aliphatic carbocycles. The number of rotatable bonds is 7. The van der Waals surface area contributed by atoms with Crippen molar-refractivity contribution in [3.05, 3.63) is 70.6 Å². The normalized spacial score (nSPS) is 17.1. The highest BCUT2D eigenvalue weighted by atomic mass is 35.5. The van der Waals surface area contributed by atoms with E-state index in [0.29, 0.717) is 36.7 Å². The standard InChI is InChI=1S/C23H25ClN4O4S/c1-2-16-5-7-17(8-6-16)14-21-26-27-23(32-21)25-22(29)18-4-3-13-28(15-18)33(30,31)20-11-9-19(24)10-12-20/h5-12,18H,2-4,13-15H2,1H3,(H,25,27,29). The number of carbonyl (C=O) groups is 1. The first kappa shape index (κ1) is 23.4. The number of aryl methyl sites for hydroxylation is 1. The number of benzene rings is 2. The Morgan fingerprint density at radius 3 is 2.52 bits per heavy atom. The van der Waals surface area contributed by atoms with E-state index in [1.165, 1.54) is 34.1 Å². The van der Waals surface area contributed by atoms with Crippen molar-refractivity contribution in [3.63, 3.8) is 0 Å². The predicted octanol–water partition coefficient (Wildman–Crippen LogP) is 3.92. The van der Waals surface area contributed by atoms with E-state index in [-0.39, 0.29) is 23.4 Å². The van der Waals surface area contributed by atoms with E-state index < -0.39 is 15.9 Å². The fourth-order valence-corrected chi connectivity index (χ4v) is 5.43. The molecule has 1 aliphatic rings. The minimum Gasteiger partial charge on any atom is -0.407 e. The molecule has 1 N–H and O–H groups in total. The van der Waals surface area contributed by atoms with Crippen molar-refractivity contribution in [2.45, 2.75) is 37.5 Å². The zero-order chi connectivity index (χ0) is 23.4. The predicted molar refractivity (Wildman–Crippen MR) is 124 cm³/mol. The fraction of sp³-hybridized carbons (Fsp3) is 0.348. The number of anilines is 1. The summed E-state index contributed by atoms with van der Waals surface area (Å²) in [7, 11) is -3.71. The molecule has 2 heterocycles. The van der Waals surface area contributed by atoms with Gasteiger partial charge in [0.15, 0.2) is 0 Å². The molecule has 1 aliphatic heterocycles. The van der Waals surface area contributed by atoms with Crippen LogP contribution in [0.1, 0.15) is 36.8 Å². The number of nitrogens with one attached hydrogen (secondary N) is 1. The Morgan fingerprint density at radius 2 is 1.82 bits per heavy atom. The lowest BCUT2D eigenvalue weighted by Crippen LogP contribution is -2.43. The highest BCUT2D eigenvalue weighted by molar-refractivity contribution is 7.89. The molecule has 4 rings (SSSR count). The first-order valence-electron chi connectivity index (χ1n) is 10.8. The number of piperidine rings is 1. The summed E-state index contributed by atoms with van der Waals surface area (Å²) < 4.78 is 32.8. The van der Waals surface area contributed by atoms with Gasteiger partial charge in [-0.15, -0.1) is 5.10 Å². The summed E-state index contributed by atoms with van der Waals surface area (Å²) in [5.74, 6) is -0.462. The summed E-state index contributed by atoms with van der Waals surface area (Å²) in [6, 6.07) is 14.2. The lowest BCUT2D eigenvalue weighted by atomic mass is 9.99. The van der Waals surface area contributed by atoms with Gasteiger partial charge in [-0.2, -0.15) is 4.31 Å². The third kappa shape index (κ3) is 5.61. The van der Waals surface area contributed by atoms with Gasteiger partial charge in [0.1, 0.15) is 0 Å². The van der Waals surface area contributed by atoms with Gasteiger partial charge in [0.05, 0.1) is 17.2 Å². The van der Waals surface area contributed by atoms with Gasteiger partial charge in [-0.05, 0) is 54.7 Å². The molecule has 1 amide bonds. The van der Waals surface area contributed by atoms with Gasteiger partial charge in [0.2, 0.25) is 21.8 Å². The Morgan fingerprint density at radius 1 is 1.12 bits per heavy atom. The topological polar surface area (TPSA) is 105 Å². The number of carbonyl (C=O) groups excluding carboxylic acids is 1. The van der Waals surface area contributed by atoms with E-state index in [1.807, 2.05) is 12.1 Å². The van der Waals surface area contributed by atoms with E-state index >= 15 is 0 Å². The van der Waals surface area contributed by atoms with Crippen LogP contribution in [0.3, 0.4) is 0 Å². The number of amides is 1. The SMILES string of the molecule is CCc1ccc(Cc2nnc(NC(=O)C3CCCN(S(=O)(=O)c4ccc(Cl)cc4)C3)o2)cc1. The van der Waals surface area contributed by atoms with E-state index in [0.717, 1.165) is 12.0 Å². The van der Waals surface area contributed by atoms with E-state index in [2.05, 4.69) is 34.6 Å². The Kier molecular flexibility index (Phi) is 7.11. The maximum Gasteiger partial charge on any atom is 0.322 e. The number of halogens is 1. The van der Waals surface area contributed by atoms with Crippen LogP contribution in [0.4, 0.5) is 6.01 Å². The summed E-state index contributed by atoms with van der Waals surface area (Å²) in [5, 5.41) is 11.0. The van der Waals surface area contributed by atoms with Crippen molar-refractivity contribution in [2.24, 2.45) is 5.92 Å². The second-order valence-electron chi connectivity index (χ2n) is 7.99. The first-order chi connectivity index (χ1) is 15.8. The van der Waals surface area contributed by atoms with Gasteiger partial charge in [-0.1, -0.05) is 47.9 Å². The summed E-state index contributed by atoms with van der Waals surface area (Å²) >= 11 is 5.87. The lowest BCUT2D eigenvalue weighted by molar-refractivity contribution is -0.121. The third-order valence-electron chi connectivity index (χ3n) is 5.69. The highest BCUT2D eigenvalue weighted by Crippen LogP contribution is 2.25. The summed E-state index contributed by atoms with van der Waals surface area (Å²) in [4.78, 5) is 12.9. The molecule has 0 spiro atoms. The van der Waals surface area contributed by atoms with Crippen LogP contribution >= 0.6 is 11.6 Å². The van der Waals surface area contributed by atoms with Gasteiger partial charge in [-0.3, -0.25) is 10.1 Å². The van der Waals surface area contributed by atoms with Crippen LogP contribution in [-0.4, -0.2) is 41.9 Å². The van der Waals surface area contributed by atoms with Gasteiger partial charge in [0.25, 0.3) is 0 Å². The molecule has 10 heteroatoms. The van der Waals surface area contributed by atoms with Crippen LogP contribution in [-0.2, 0) is 27.7 Å². The molecule has 1 saturated heterocycles. The molecule has 1 unspecified atom stereocenters. The largest absolute Gasteiger partial charge is 0.407 e. The van der Waals surface area contributed by atoms with Crippen molar-refractivity contribution in [3.8, 4) is 0 Å². The number of hydrogen-bond acceptors (Lipinski definition) is 6. The van der Waals surface area contributed by atoms with Crippen molar-refractivity contribution in [1.29, 1.82) is 0 Å². The van der Waals surface area contributed by atoms with Crippen LogP contribution in [0.15, 0.2) is 57.8 Å². The van der Waals surface area contributed by atoms with Crippen LogP contribution in [0.5, 0.6) is 0 Å². The second kappa shape index (κ2) is 10.0. The van der Waals surface area contributed by atoms with Gasteiger partial charge >= 0.3 is 6.01 Å². The Hall–Kier alpha value is -2.75. The fourth-order valence-electron chi connectivity index (χ4n) is 3.78. The number of nitrogens with zero attached hydrogens (tertiary/aromatic N) is 3. The van der Waals surface area contributed by atoms with Crippen molar-refractivity contribution in [1.82, 2.24) is 14.5 Å². The van der Waals surface area contributed by atoms with E-state index in [9.17, 15) is 13.2 Å². The maximum absolute atomic E-state index is 13.0. The zero-order valence-electron chi connectivity index (χ0n) is 18.2. The summed E-state index contributed by atoms with van der Waals surface area (Å²) in [6.07, 6.45) is 2.58. The highest BCUT2D eigenvalue weighted by Gasteiger charge is 2.33. The molecule has 8 nitrogen and oxygen atoms in total. The molecule has 3 aromatic rings. The number of hydrogen-bond donors (Lipinski definition) is 1. The average Bonchev–Trinajstić information content (AvgIpc) is 3.26.